The van der Waals surface area contributed by atoms with E-state index >= 15 is 0 Å². The van der Waals surface area contributed by atoms with Gasteiger partial charge < -0.3 is 14.6 Å². The molecule has 1 unspecified atom stereocenters. The van der Waals surface area contributed by atoms with Gasteiger partial charge in [-0.25, -0.2) is 0 Å². The number of hydrogen-bond donors (Lipinski definition) is 1. The fourth-order valence-corrected chi connectivity index (χ4v) is 3.47. The van der Waals surface area contributed by atoms with Gasteiger partial charge in [-0.05, 0) is 37.1 Å². The molecular weight excluding hydrogens is 320 g/mol. The Labute approximate surface area is 149 Å². The fourth-order valence-electron chi connectivity index (χ4n) is 3.47. The van der Waals surface area contributed by atoms with Gasteiger partial charge in [0.25, 0.3) is 0 Å². The molecule has 0 aliphatic carbocycles. The quantitative estimate of drug-likeness (QED) is 0.722. The highest BCUT2D eigenvalue weighted by Gasteiger charge is 2.27. The van der Waals surface area contributed by atoms with Crippen LogP contribution < -0.4 is 4.74 Å². The van der Waals surface area contributed by atoms with Crippen molar-refractivity contribution < 1.29 is 19.4 Å². The van der Waals surface area contributed by atoms with Crippen molar-refractivity contribution >= 4 is 5.97 Å². The molecule has 1 aromatic rings. The van der Waals surface area contributed by atoms with Gasteiger partial charge in [-0.2, -0.15) is 0 Å². The maximum atomic E-state index is 11.1. The number of aliphatic carboxylic acids is 1. The van der Waals surface area contributed by atoms with Crippen LogP contribution in [-0.2, 0) is 16.1 Å². The summed E-state index contributed by atoms with van der Waals surface area (Å²) in [5.41, 5.74) is 1.18. The van der Waals surface area contributed by atoms with Crippen LogP contribution in [0.25, 0.3) is 0 Å². The Balaban J connectivity index is 1.39. The lowest BCUT2D eigenvalue weighted by atomic mass is 10.1. The first-order valence-electron chi connectivity index (χ1n) is 9.18. The Kier molecular flexibility index (Phi) is 6.67. The highest BCUT2D eigenvalue weighted by molar-refractivity contribution is 5.70. The molecule has 0 aromatic heterocycles. The molecule has 1 aromatic carbocycles. The zero-order chi connectivity index (χ0) is 17.5. The van der Waals surface area contributed by atoms with Gasteiger partial charge in [0.1, 0.15) is 5.75 Å². The third kappa shape index (κ3) is 5.70. The largest absolute Gasteiger partial charge is 0.494 e. The molecular formula is C19H28N2O4. The van der Waals surface area contributed by atoms with E-state index in [0.717, 1.165) is 64.5 Å². The minimum Gasteiger partial charge on any atom is -0.494 e. The SMILES string of the molecule is O=C(O)C1CCN(Cc2cccc(OCCCN3CCOCC3)c2)C1. The first-order valence-corrected chi connectivity index (χ1v) is 9.18. The summed E-state index contributed by atoms with van der Waals surface area (Å²) < 4.78 is 11.2. The van der Waals surface area contributed by atoms with E-state index in [1.807, 2.05) is 12.1 Å². The zero-order valence-electron chi connectivity index (χ0n) is 14.7. The molecule has 2 aliphatic rings. The minimum atomic E-state index is -0.681. The molecule has 6 heteroatoms. The molecule has 2 saturated heterocycles. The third-order valence-corrected chi connectivity index (χ3v) is 4.92. The minimum absolute atomic E-state index is 0.223. The van der Waals surface area contributed by atoms with E-state index in [2.05, 4.69) is 21.9 Å². The maximum Gasteiger partial charge on any atom is 0.307 e. The highest BCUT2D eigenvalue weighted by Crippen LogP contribution is 2.21. The summed E-state index contributed by atoms with van der Waals surface area (Å²) in [7, 11) is 0. The topological polar surface area (TPSA) is 62.2 Å². The number of carbonyl (C=O) groups is 1. The molecule has 2 aliphatic heterocycles. The van der Waals surface area contributed by atoms with Crippen molar-refractivity contribution in [1.82, 2.24) is 9.80 Å². The van der Waals surface area contributed by atoms with Crippen LogP contribution >= 0.6 is 0 Å². The predicted octanol–water partition coefficient (Wildman–Crippen LogP) is 1.69. The van der Waals surface area contributed by atoms with Crippen LogP contribution in [0.4, 0.5) is 0 Å². The lowest BCUT2D eigenvalue weighted by molar-refractivity contribution is -0.141. The number of rotatable bonds is 8. The summed E-state index contributed by atoms with van der Waals surface area (Å²) >= 11 is 0. The van der Waals surface area contributed by atoms with Crippen LogP contribution in [0.1, 0.15) is 18.4 Å². The van der Waals surface area contributed by atoms with Gasteiger partial charge in [-0.15, -0.1) is 0 Å². The van der Waals surface area contributed by atoms with Gasteiger partial charge in [0, 0.05) is 32.7 Å². The first-order chi connectivity index (χ1) is 12.2. The van der Waals surface area contributed by atoms with Crippen molar-refractivity contribution in [2.24, 2.45) is 5.92 Å². The van der Waals surface area contributed by atoms with Crippen LogP contribution in [0, 0.1) is 5.92 Å². The lowest BCUT2D eigenvalue weighted by Crippen LogP contribution is -2.37. The summed E-state index contributed by atoms with van der Waals surface area (Å²) in [5, 5.41) is 9.10. The molecule has 0 bridgehead atoms. The molecule has 0 amide bonds. The predicted molar refractivity (Wildman–Crippen MR) is 94.8 cm³/mol. The van der Waals surface area contributed by atoms with E-state index in [1.165, 1.54) is 5.56 Å². The number of ether oxygens (including phenoxy) is 2. The molecule has 0 spiro atoms. The van der Waals surface area contributed by atoms with Crippen molar-refractivity contribution in [3.8, 4) is 5.75 Å². The monoisotopic (exact) mass is 348 g/mol. The molecule has 1 N–H and O–H groups in total. The second kappa shape index (κ2) is 9.17. The number of benzene rings is 1. The average Bonchev–Trinajstić information content (AvgIpc) is 3.09. The van der Waals surface area contributed by atoms with Crippen LogP contribution in [0.3, 0.4) is 0 Å². The molecule has 0 saturated carbocycles. The first kappa shape index (κ1) is 18.2. The Morgan fingerprint density at radius 2 is 2.08 bits per heavy atom. The average molecular weight is 348 g/mol. The standard InChI is InChI=1S/C19H28N2O4/c22-19(23)17-5-7-21(15-17)14-16-3-1-4-18(13-16)25-10-2-6-20-8-11-24-12-9-20/h1,3-4,13,17H,2,5-12,14-15H2,(H,22,23). The summed E-state index contributed by atoms with van der Waals surface area (Å²) in [5.74, 6) is -0.00655. The Morgan fingerprint density at radius 1 is 1.24 bits per heavy atom. The molecule has 1 atom stereocenters. The molecule has 2 heterocycles. The fraction of sp³-hybridized carbons (Fsp3) is 0.632. The van der Waals surface area contributed by atoms with Gasteiger partial charge in [0.2, 0.25) is 0 Å². The summed E-state index contributed by atoms with van der Waals surface area (Å²) in [6.45, 7) is 7.74. The Morgan fingerprint density at radius 3 is 2.84 bits per heavy atom. The van der Waals surface area contributed by atoms with Crippen LogP contribution in [0.5, 0.6) is 5.75 Å². The third-order valence-electron chi connectivity index (χ3n) is 4.92. The molecule has 138 valence electrons. The second-order valence-corrected chi connectivity index (χ2v) is 6.86. The Bertz CT molecular complexity index is 560. The number of hydrogen-bond acceptors (Lipinski definition) is 5. The van der Waals surface area contributed by atoms with Gasteiger partial charge in [0.05, 0.1) is 25.7 Å². The van der Waals surface area contributed by atoms with E-state index in [4.69, 9.17) is 14.6 Å². The van der Waals surface area contributed by atoms with Crippen molar-refractivity contribution in [2.75, 3.05) is 52.5 Å². The number of nitrogens with zero attached hydrogens (tertiary/aromatic N) is 2. The van der Waals surface area contributed by atoms with Gasteiger partial charge in [0.15, 0.2) is 0 Å². The normalized spacial score (nSPS) is 22.2. The van der Waals surface area contributed by atoms with Crippen molar-refractivity contribution in [3.63, 3.8) is 0 Å². The highest BCUT2D eigenvalue weighted by atomic mass is 16.5. The van der Waals surface area contributed by atoms with Gasteiger partial charge >= 0.3 is 5.97 Å². The zero-order valence-corrected chi connectivity index (χ0v) is 14.7. The smallest absolute Gasteiger partial charge is 0.307 e. The van der Waals surface area contributed by atoms with Gasteiger partial charge in [-0.3, -0.25) is 14.6 Å². The van der Waals surface area contributed by atoms with Crippen LogP contribution in [0.15, 0.2) is 24.3 Å². The Hall–Kier alpha value is -1.63. The van der Waals surface area contributed by atoms with Crippen LogP contribution in [0.2, 0.25) is 0 Å². The lowest BCUT2D eigenvalue weighted by Gasteiger charge is -2.26. The molecule has 3 rings (SSSR count). The van der Waals surface area contributed by atoms with Gasteiger partial charge in [-0.1, -0.05) is 12.1 Å². The van der Waals surface area contributed by atoms with E-state index in [-0.39, 0.29) is 5.92 Å². The summed E-state index contributed by atoms with van der Waals surface area (Å²) in [6.07, 6.45) is 1.75. The van der Waals surface area contributed by atoms with E-state index in [9.17, 15) is 4.79 Å². The number of likely N-dealkylation sites (tertiary alicyclic amines) is 1. The van der Waals surface area contributed by atoms with E-state index < -0.39 is 5.97 Å². The van der Waals surface area contributed by atoms with Crippen LogP contribution in [-0.4, -0.2) is 73.4 Å². The van der Waals surface area contributed by atoms with Crippen molar-refractivity contribution in [3.05, 3.63) is 29.8 Å². The molecule has 2 fully saturated rings. The number of morpholine rings is 1. The summed E-state index contributed by atoms with van der Waals surface area (Å²) in [6, 6.07) is 8.15. The van der Waals surface area contributed by atoms with E-state index in [0.29, 0.717) is 13.2 Å². The maximum absolute atomic E-state index is 11.1. The molecule has 0 radical (unpaired) electrons. The molecule has 25 heavy (non-hydrogen) atoms. The van der Waals surface area contributed by atoms with Crippen molar-refractivity contribution in [1.29, 1.82) is 0 Å². The van der Waals surface area contributed by atoms with Crippen molar-refractivity contribution in [2.45, 2.75) is 19.4 Å². The number of carboxylic acid groups (broad SMARTS) is 1. The second-order valence-electron chi connectivity index (χ2n) is 6.86. The molecule has 6 nitrogen and oxygen atoms in total. The number of carboxylic acids is 1. The van der Waals surface area contributed by atoms with E-state index in [1.54, 1.807) is 0 Å². The summed E-state index contributed by atoms with van der Waals surface area (Å²) in [4.78, 5) is 15.7.